The fourth-order valence-electron chi connectivity index (χ4n) is 2.10. The molecule has 134 valence electrons. The minimum Gasteiger partial charge on any atom is -0.550 e. The van der Waals surface area contributed by atoms with Crippen LogP contribution < -0.4 is 10.2 Å². The van der Waals surface area contributed by atoms with Gasteiger partial charge in [-0.25, -0.2) is 0 Å². The molecule has 0 aromatic rings. The summed E-state index contributed by atoms with van der Waals surface area (Å²) in [6.07, 6.45) is 13.9. The first-order valence-corrected chi connectivity index (χ1v) is 8.94. The molecule has 4 nitrogen and oxygen atoms in total. The third kappa shape index (κ3) is 34.1. The quantitative estimate of drug-likeness (QED) is 0.351. The van der Waals surface area contributed by atoms with Crippen LogP contribution in [0.3, 0.4) is 0 Å². The van der Waals surface area contributed by atoms with Crippen LogP contribution in [0, 0.1) is 0 Å². The molecule has 0 saturated carbocycles. The van der Waals surface area contributed by atoms with Crippen molar-refractivity contribution in [2.45, 2.75) is 104 Å². The summed E-state index contributed by atoms with van der Waals surface area (Å²) in [5, 5.41) is 20.0. The summed E-state index contributed by atoms with van der Waals surface area (Å²) in [5.74, 6) is -1.83. The van der Waals surface area contributed by atoms with Crippen LogP contribution in [0.5, 0.6) is 0 Å². The molecule has 0 rings (SSSR count). The number of hydrogen-bond donors (Lipinski definition) is 0. The standard InChI is InChI=1S/2C9H18O2.Ti/c2*1-2-3-4-5-6-7-8-9(10)11;/h2*2-8H2,1H3,(H,10,11);/q;;+2/p-2. The van der Waals surface area contributed by atoms with Crippen molar-refractivity contribution >= 4 is 11.9 Å². The topological polar surface area (TPSA) is 80.3 Å². The zero-order valence-electron chi connectivity index (χ0n) is 15.0. The fraction of sp³-hybridized carbons (Fsp3) is 0.889. The van der Waals surface area contributed by atoms with Crippen molar-refractivity contribution in [3.63, 3.8) is 0 Å². The maximum Gasteiger partial charge on any atom is 2.00 e. The Morgan fingerprint density at radius 3 is 1.09 bits per heavy atom. The normalized spacial score (nSPS) is 9.48. The Bertz CT molecular complexity index is 231. The molecule has 0 amide bonds. The van der Waals surface area contributed by atoms with Crippen molar-refractivity contribution in [1.29, 1.82) is 0 Å². The van der Waals surface area contributed by atoms with E-state index in [1.807, 2.05) is 0 Å². The van der Waals surface area contributed by atoms with Crippen LogP contribution >= 0.6 is 0 Å². The molecule has 0 heterocycles. The fourth-order valence-corrected chi connectivity index (χ4v) is 2.10. The SMILES string of the molecule is CCCCCCCCC(=O)[O-].CCCCCCCCC(=O)[O-].[Ti+2]. The molecule has 0 aliphatic carbocycles. The Hall–Kier alpha value is -0.346. The van der Waals surface area contributed by atoms with Gasteiger partial charge in [-0.15, -0.1) is 0 Å². The minimum absolute atomic E-state index is 0. The number of unbranched alkanes of at least 4 members (excludes halogenated alkanes) is 10. The molecule has 0 atom stereocenters. The number of carbonyl (C=O) groups is 2. The van der Waals surface area contributed by atoms with Gasteiger partial charge in [-0.2, -0.15) is 0 Å². The van der Waals surface area contributed by atoms with Crippen LogP contribution in [0.25, 0.3) is 0 Å². The monoisotopic (exact) mass is 362 g/mol. The van der Waals surface area contributed by atoms with E-state index in [0.717, 1.165) is 25.7 Å². The average Bonchev–Trinajstić information content (AvgIpc) is 2.46. The van der Waals surface area contributed by atoms with Crippen LogP contribution in [0.15, 0.2) is 0 Å². The molecule has 5 heteroatoms. The molecule has 23 heavy (non-hydrogen) atoms. The van der Waals surface area contributed by atoms with Gasteiger partial charge in [0.2, 0.25) is 0 Å². The van der Waals surface area contributed by atoms with E-state index in [1.165, 1.54) is 51.4 Å². The maximum atomic E-state index is 9.98. The zero-order chi connectivity index (χ0) is 17.1. The summed E-state index contributed by atoms with van der Waals surface area (Å²) in [7, 11) is 0. The van der Waals surface area contributed by atoms with Gasteiger partial charge in [-0.1, -0.05) is 78.1 Å². The maximum absolute atomic E-state index is 9.98. The Morgan fingerprint density at radius 2 is 0.826 bits per heavy atom. The van der Waals surface area contributed by atoms with Gasteiger partial charge in [0.15, 0.2) is 0 Å². The summed E-state index contributed by atoms with van der Waals surface area (Å²) in [4.78, 5) is 20.0. The summed E-state index contributed by atoms with van der Waals surface area (Å²) >= 11 is 0. The van der Waals surface area contributed by atoms with E-state index in [0.29, 0.717) is 0 Å². The molecule has 0 saturated heterocycles. The van der Waals surface area contributed by atoms with Crippen LogP contribution in [0.2, 0.25) is 0 Å². The molecule has 0 bridgehead atoms. The van der Waals surface area contributed by atoms with Crippen LogP contribution in [-0.4, -0.2) is 11.9 Å². The number of carboxylic acids is 2. The van der Waals surface area contributed by atoms with Gasteiger partial charge in [-0.05, 0) is 25.7 Å². The third-order valence-corrected chi connectivity index (χ3v) is 3.47. The number of carboxylic acid groups (broad SMARTS) is 2. The molecule has 0 N–H and O–H groups in total. The van der Waals surface area contributed by atoms with E-state index >= 15 is 0 Å². The van der Waals surface area contributed by atoms with E-state index < -0.39 is 11.9 Å². The Balaban J connectivity index is -0.000000333. The van der Waals surface area contributed by atoms with Crippen LogP contribution in [0.4, 0.5) is 0 Å². The van der Waals surface area contributed by atoms with Crippen molar-refractivity contribution < 1.29 is 41.5 Å². The molecular weight excluding hydrogens is 328 g/mol. The first kappa shape index (κ1) is 27.5. The molecule has 0 aliphatic rings. The van der Waals surface area contributed by atoms with E-state index in [1.54, 1.807) is 0 Å². The number of aliphatic carboxylic acids is 2. The number of rotatable bonds is 14. The Labute approximate surface area is 157 Å². The molecule has 0 aliphatic heterocycles. The molecule has 0 aromatic carbocycles. The van der Waals surface area contributed by atoms with Gasteiger partial charge in [0, 0.05) is 11.9 Å². The van der Waals surface area contributed by atoms with Crippen molar-refractivity contribution in [3.05, 3.63) is 0 Å². The van der Waals surface area contributed by atoms with Crippen molar-refractivity contribution in [1.82, 2.24) is 0 Å². The van der Waals surface area contributed by atoms with Gasteiger partial charge in [-0.3, -0.25) is 0 Å². The van der Waals surface area contributed by atoms with E-state index in [-0.39, 0.29) is 34.6 Å². The molecule has 0 unspecified atom stereocenters. The molecule has 0 spiro atoms. The van der Waals surface area contributed by atoms with Gasteiger partial charge >= 0.3 is 21.7 Å². The second-order valence-electron chi connectivity index (χ2n) is 5.78. The second kappa shape index (κ2) is 23.9. The average molecular weight is 362 g/mol. The van der Waals surface area contributed by atoms with Crippen LogP contribution in [-0.2, 0) is 31.3 Å². The van der Waals surface area contributed by atoms with Gasteiger partial charge < -0.3 is 19.8 Å². The van der Waals surface area contributed by atoms with Gasteiger partial charge in [0.25, 0.3) is 0 Å². The second-order valence-corrected chi connectivity index (χ2v) is 5.78. The molecule has 0 radical (unpaired) electrons. The third-order valence-electron chi connectivity index (χ3n) is 3.47. The van der Waals surface area contributed by atoms with E-state index in [4.69, 9.17) is 0 Å². The molecule has 0 fully saturated rings. The molecule has 0 aromatic heterocycles. The Kier molecular flexibility index (Phi) is 28.6. The predicted molar refractivity (Wildman–Crippen MR) is 86.0 cm³/mol. The summed E-state index contributed by atoms with van der Waals surface area (Å²) in [5.41, 5.74) is 0. The predicted octanol–water partition coefficient (Wildman–Crippen LogP) is 2.97. The van der Waals surface area contributed by atoms with Gasteiger partial charge in [0.1, 0.15) is 0 Å². The first-order valence-electron chi connectivity index (χ1n) is 8.94. The summed E-state index contributed by atoms with van der Waals surface area (Å²) in [6.45, 7) is 4.34. The molecular formula is C18H34O4Ti. The van der Waals surface area contributed by atoms with Crippen molar-refractivity contribution in [2.24, 2.45) is 0 Å². The minimum atomic E-state index is -0.916. The number of carbonyl (C=O) groups excluding carboxylic acids is 2. The van der Waals surface area contributed by atoms with Crippen molar-refractivity contribution in [3.8, 4) is 0 Å². The van der Waals surface area contributed by atoms with Crippen LogP contribution in [0.1, 0.15) is 104 Å². The van der Waals surface area contributed by atoms with E-state index in [2.05, 4.69) is 13.8 Å². The van der Waals surface area contributed by atoms with Gasteiger partial charge in [0.05, 0.1) is 0 Å². The Morgan fingerprint density at radius 1 is 0.565 bits per heavy atom. The van der Waals surface area contributed by atoms with E-state index in [9.17, 15) is 19.8 Å². The number of hydrogen-bond acceptors (Lipinski definition) is 4. The summed E-state index contributed by atoms with van der Waals surface area (Å²) < 4.78 is 0. The zero-order valence-corrected chi connectivity index (χ0v) is 16.6. The van der Waals surface area contributed by atoms with Crippen molar-refractivity contribution in [2.75, 3.05) is 0 Å². The summed E-state index contributed by atoms with van der Waals surface area (Å²) in [6, 6.07) is 0. The smallest absolute Gasteiger partial charge is 0.550 e. The largest absolute Gasteiger partial charge is 2.00 e. The first-order chi connectivity index (χ1) is 10.5.